The molecule has 0 amide bonds. The van der Waals surface area contributed by atoms with Crippen LogP contribution in [0.25, 0.3) is 0 Å². The Morgan fingerprint density at radius 3 is 1.93 bits per heavy atom. The highest BCUT2D eigenvalue weighted by Gasteiger charge is 2.48. The molecule has 0 atom stereocenters. The zero-order chi connectivity index (χ0) is 21.2. The first-order valence-electron chi connectivity index (χ1n) is 12.6. The molecule has 166 valence electrons. The molecule has 0 spiro atoms. The first-order chi connectivity index (χ1) is 12.8. The topological polar surface area (TPSA) is 3.24 Å². The summed E-state index contributed by atoms with van der Waals surface area (Å²) in [6.07, 6.45) is 14.2. The molecule has 0 aromatic carbocycles. The minimum absolute atomic E-state index is 0.250. The van der Waals surface area contributed by atoms with Crippen LogP contribution in [0.2, 0.25) is 0 Å². The van der Waals surface area contributed by atoms with Gasteiger partial charge in [0, 0.05) is 12.1 Å². The molecule has 1 heterocycles. The van der Waals surface area contributed by atoms with Crippen molar-refractivity contribution in [3.8, 4) is 0 Å². The second kappa shape index (κ2) is 8.99. The van der Waals surface area contributed by atoms with Gasteiger partial charge in [-0.05, 0) is 80.6 Å². The van der Waals surface area contributed by atoms with Crippen molar-refractivity contribution in [1.29, 1.82) is 0 Å². The molecule has 1 aliphatic heterocycles. The molecule has 2 aliphatic rings. The highest BCUT2D eigenvalue weighted by molar-refractivity contribution is 5.01. The Hall–Kier alpha value is -0.0400. The summed E-state index contributed by atoms with van der Waals surface area (Å²) >= 11 is 0. The Balaban J connectivity index is 2.15. The van der Waals surface area contributed by atoms with Gasteiger partial charge in [-0.1, -0.05) is 80.6 Å². The Labute approximate surface area is 178 Å². The van der Waals surface area contributed by atoms with Crippen LogP contribution in [-0.4, -0.2) is 23.5 Å². The van der Waals surface area contributed by atoms with E-state index in [4.69, 9.17) is 0 Å². The molecular formula is C27H53N. The third-order valence-corrected chi connectivity index (χ3v) is 9.15. The van der Waals surface area contributed by atoms with Crippen molar-refractivity contribution < 1.29 is 0 Å². The maximum Gasteiger partial charge on any atom is 0.0207 e. The number of hydrogen-bond acceptors (Lipinski definition) is 1. The van der Waals surface area contributed by atoms with Gasteiger partial charge in [0.1, 0.15) is 0 Å². The Morgan fingerprint density at radius 2 is 1.39 bits per heavy atom. The van der Waals surface area contributed by atoms with Crippen LogP contribution in [0.3, 0.4) is 0 Å². The summed E-state index contributed by atoms with van der Waals surface area (Å²) in [4.78, 5) is 2.90. The van der Waals surface area contributed by atoms with Crippen LogP contribution in [0, 0.1) is 28.1 Å². The van der Waals surface area contributed by atoms with Gasteiger partial charge in [0.15, 0.2) is 0 Å². The first-order valence-corrected chi connectivity index (χ1v) is 12.6. The van der Waals surface area contributed by atoms with E-state index in [-0.39, 0.29) is 5.54 Å². The largest absolute Gasteiger partial charge is 0.297 e. The summed E-state index contributed by atoms with van der Waals surface area (Å²) in [7, 11) is 0. The van der Waals surface area contributed by atoms with Gasteiger partial charge in [-0.2, -0.15) is 0 Å². The molecular weight excluding hydrogens is 338 g/mol. The van der Waals surface area contributed by atoms with Gasteiger partial charge in [-0.15, -0.1) is 0 Å². The number of nitrogens with zero attached hydrogens (tertiary/aromatic N) is 1. The summed E-state index contributed by atoms with van der Waals surface area (Å²) in [5, 5.41) is 0. The lowest BCUT2D eigenvalue weighted by Crippen LogP contribution is -2.59. The first kappa shape index (κ1) is 24.2. The van der Waals surface area contributed by atoms with E-state index in [9.17, 15) is 0 Å². The molecule has 2 rings (SSSR count). The number of hydrogen-bond donors (Lipinski definition) is 0. The van der Waals surface area contributed by atoms with E-state index < -0.39 is 0 Å². The van der Waals surface area contributed by atoms with Gasteiger partial charge in [-0.3, -0.25) is 4.90 Å². The molecule has 0 aromatic rings. The van der Waals surface area contributed by atoms with Crippen molar-refractivity contribution in [2.75, 3.05) is 13.1 Å². The third-order valence-electron chi connectivity index (χ3n) is 9.15. The molecule has 0 unspecified atom stereocenters. The van der Waals surface area contributed by atoms with Gasteiger partial charge in [0.25, 0.3) is 0 Å². The molecule has 0 bridgehead atoms. The van der Waals surface area contributed by atoms with Gasteiger partial charge in [0.05, 0.1) is 0 Å². The van der Waals surface area contributed by atoms with E-state index in [0.717, 1.165) is 11.8 Å². The maximum atomic E-state index is 2.90. The van der Waals surface area contributed by atoms with E-state index in [1.54, 1.807) is 0 Å². The maximum absolute atomic E-state index is 2.90. The highest BCUT2D eigenvalue weighted by atomic mass is 15.2. The number of likely N-dealkylation sites (tertiary alicyclic amines) is 1. The van der Waals surface area contributed by atoms with Gasteiger partial charge in [-0.25, -0.2) is 0 Å². The van der Waals surface area contributed by atoms with Gasteiger partial charge < -0.3 is 0 Å². The van der Waals surface area contributed by atoms with Crippen LogP contribution in [0.5, 0.6) is 0 Å². The van der Waals surface area contributed by atoms with E-state index in [0.29, 0.717) is 16.2 Å². The summed E-state index contributed by atoms with van der Waals surface area (Å²) in [6.45, 7) is 25.3. The van der Waals surface area contributed by atoms with Crippen LogP contribution in [0.4, 0.5) is 0 Å². The van der Waals surface area contributed by atoms with Crippen LogP contribution in [0.15, 0.2) is 0 Å². The SMILES string of the molecule is CCC1CCCC(C(C)(C)C(C)(C)N2CCCC(C)(C)CC(C)(C)C2)CCC1. The molecule has 0 aromatic heterocycles. The van der Waals surface area contributed by atoms with Crippen molar-refractivity contribution in [1.82, 2.24) is 4.90 Å². The quantitative estimate of drug-likeness (QED) is 0.465. The molecule has 2 fully saturated rings. The van der Waals surface area contributed by atoms with Gasteiger partial charge in [0.2, 0.25) is 0 Å². The van der Waals surface area contributed by atoms with E-state index in [1.807, 2.05) is 0 Å². The fourth-order valence-corrected chi connectivity index (χ4v) is 6.89. The van der Waals surface area contributed by atoms with Crippen molar-refractivity contribution in [2.45, 2.75) is 132 Å². The standard InChI is InChI=1S/C27H53N/c1-10-22-14-11-16-23(17-12-15-22)26(6,7)27(8,9)28-19-13-18-24(2,3)20-25(4,5)21-28/h22-23H,10-21H2,1-9H3. The van der Waals surface area contributed by atoms with Crippen LogP contribution >= 0.6 is 0 Å². The fraction of sp³-hybridized carbons (Fsp3) is 1.00. The highest BCUT2D eigenvalue weighted by Crippen LogP contribution is 2.49. The summed E-state index contributed by atoms with van der Waals surface area (Å²) < 4.78 is 0. The fourth-order valence-electron chi connectivity index (χ4n) is 6.89. The van der Waals surface area contributed by atoms with Crippen molar-refractivity contribution in [3.63, 3.8) is 0 Å². The zero-order valence-electron chi connectivity index (χ0n) is 21.1. The lowest BCUT2D eigenvalue weighted by molar-refractivity contribution is -0.0636. The predicted octanol–water partition coefficient (Wildman–Crippen LogP) is 8.33. The zero-order valence-corrected chi connectivity index (χ0v) is 21.1. The average molecular weight is 392 g/mol. The molecule has 1 nitrogen and oxygen atoms in total. The van der Waals surface area contributed by atoms with E-state index in [1.165, 1.54) is 77.3 Å². The Kier molecular flexibility index (Phi) is 7.78. The predicted molar refractivity (Wildman–Crippen MR) is 126 cm³/mol. The monoisotopic (exact) mass is 391 g/mol. The van der Waals surface area contributed by atoms with Crippen molar-refractivity contribution in [2.24, 2.45) is 28.1 Å². The van der Waals surface area contributed by atoms with Crippen molar-refractivity contribution >= 4 is 0 Å². The van der Waals surface area contributed by atoms with Crippen LogP contribution in [0.1, 0.15) is 127 Å². The number of rotatable bonds is 4. The smallest absolute Gasteiger partial charge is 0.0207 e. The van der Waals surface area contributed by atoms with E-state index >= 15 is 0 Å². The Morgan fingerprint density at radius 1 is 0.821 bits per heavy atom. The van der Waals surface area contributed by atoms with Crippen LogP contribution in [-0.2, 0) is 0 Å². The van der Waals surface area contributed by atoms with Crippen LogP contribution < -0.4 is 0 Å². The Bertz CT molecular complexity index is 474. The second-order valence-corrected chi connectivity index (χ2v) is 13.1. The minimum Gasteiger partial charge on any atom is -0.297 e. The normalized spacial score (nSPS) is 30.8. The molecule has 1 aliphatic carbocycles. The lowest BCUT2D eigenvalue weighted by Gasteiger charge is -2.56. The molecule has 1 saturated heterocycles. The third kappa shape index (κ3) is 5.77. The summed E-state index contributed by atoms with van der Waals surface area (Å²) in [5.41, 5.74) is 1.49. The minimum atomic E-state index is 0.250. The lowest BCUT2D eigenvalue weighted by atomic mass is 9.61. The second-order valence-electron chi connectivity index (χ2n) is 13.1. The molecule has 28 heavy (non-hydrogen) atoms. The average Bonchev–Trinajstić information content (AvgIpc) is 2.50. The summed E-state index contributed by atoms with van der Waals surface area (Å²) in [5.74, 6) is 1.86. The van der Waals surface area contributed by atoms with Gasteiger partial charge >= 0.3 is 0 Å². The molecule has 0 N–H and O–H groups in total. The molecule has 1 heteroatoms. The molecule has 0 radical (unpaired) electrons. The summed E-state index contributed by atoms with van der Waals surface area (Å²) in [6, 6.07) is 0. The van der Waals surface area contributed by atoms with E-state index in [2.05, 4.69) is 67.2 Å². The van der Waals surface area contributed by atoms with Crippen molar-refractivity contribution in [3.05, 3.63) is 0 Å². The molecule has 1 saturated carbocycles.